The largest absolute Gasteiger partial charge is 0.504 e. The van der Waals surface area contributed by atoms with E-state index in [1.165, 1.54) is 11.1 Å². The van der Waals surface area contributed by atoms with E-state index in [1.54, 1.807) is 32.2 Å². The molecule has 41 heavy (non-hydrogen) atoms. The second-order valence-electron chi connectivity index (χ2n) is 10.5. The Bertz CT molecular complexity index is 1440. The quantitative estimate of drug-likeness (QED) is 0.310. The van der Waals surface area contributed by atoms with Gasteiger partial charge in [0.05, 0.1) is 26.0 Å². The van der Waals surface area contributed by atoms with Gasteiger partial charge in [-0.25, -0.2) is 9.97 Å². The van der Waals surface area contributed by atoms with Crippen molar-refractivity contribution in [1.29, 1.82) is 0 Å². The maximum atomic E-state index is 13.5. The molecule has 2 aliphatic heterocycles. The summed E-state index contributed by atoms with van der Waals surface area (Å²) in [4.78, 5) is 36.9. The number of methoxy groups -OCH3 is 1. The summed E-state index contributed by atoms with van der Waals surface area (Å²) in [5, 5.41) is 26.7. The third-order valence-corrected chi connectivity index (χ3v) is 7.60. The molecule has 0 bridgehead atoms. The van der Waals surface area contributed by atoms with Gasteiger partial charge in [-0.1, -0.05) is 18.2 Å². The Morgan fingerprint density at radius 2 is 2.00 bits per heavy atom. The average Bonchev–Trinajstić information content (AvgIpc) is 3.31. The number of fused-ring (bicyclic) bond motifs is 1. The molecule has 11 nitrogen and oxygen atoms in total. The van der Waals surface area contributed by atoms with Gasteiger partial charge in [-0.3, -0.25) is 9.59 Å². The molecule has 0 unspecified atom stereocenters. The maximum absolute atomic E-state index is 13.5. The number of carbonyl (C=O) groups excluding carboxylic acids is 2. The van der Waals surface area contributed by atoms with Crippen LogP contribution in [-0.2, 0) is 16.1 Å². The first-order valence-corrected chi connectivity index (χ1v) is 13.7. The number of ether oxygens (including phenoxy) is 2. The predicted molar refractivity (Wildman–Crippen MR) is 152 cm³/mol. The molecule has 0 radical (unpaired) electrons. The van der Waals surface area contributed by atoms with E-state index in [4.69, 9.17) is 9.47 Å². The highest BCUT2D eigenvalue weighted by atomic mass is 16.5. The monoisotopic (exact) mass is 561 g/mol. The van der Waals surface area contributed by atoms with Crippen LogP contribution in [0.25, 0.3) is 11.3 Å². The molecule has 0 aliphatic carbocycles. The maximum Gasteiger partial charge on any atom is 0.255 e. The normalized spacial score (nSPS) is 16.7. The van der Waals surface area contributed by atoms with E-state index in [2.05, 4.69) is 20.6 Å². The minimum Gasteiger partial charge on any atom is -0.504 e. The van der Waals surface area contributed by atoms with Gasteiger partial charge in [-0.15, -0.1) is 0 Å². The van der Waals surface area contributed by atoms with E-state index in [0.29, 0.717) is 47.3 Å². The summed E-state index contributed by atoms with van der Waals surface area (Å²) in [6.45, 7) is 4.86. The van der Waals surface area contributed by atoms with Gasteiger partial charge < -0.3 is 35.2 Å². The first kappa shape index (κ1) is 28.3. The van der Waals surface area contributed by atoms with Crippen molar-refractivity contribution in [2.45, 2.75) is 51.4 Å². The van der Waals surface area contributed by atoms with Crippen LogP contribution < -0.4 is 15.4 Å². The Morgan fingerprint density at radius 3 is 2.73 bits per heavy atom. The van der Waals surface area contributed by atoms with Crippen molar-refractivity contribution in [1.82, 2.24) is 20.2 Å². The van der Waals surface area contributed by atoms with Crippen LogP contribution in [0.4, 0.5) is 5.95 Å². The van der Waals surface area contributed by atoms with E-state index >= 15 is 0 Å². The van der Waals surface area contributed by atoms with Gasteiger partial charge in [-0.2, -0.15) is 0 Å². The fourth-order valence-electron chi connectivity index (χ4n) is 5.23. The number of amides is 2. The summed E-state index contributed by atoms with van der Waals surface area (Å²) in [6, 6.07) is 9.55. The van der Waals surface area contributed by atoms with Crippen molar-refractivity contribution in [2.24, 2.45) is 0 Å². The number of hydrogen-bond acceptors (Lipinski definition) is 9. The first-order valence-electron chi connectivity index (χ1n) is 13.7. The first-order chi connectivity index (χ1) is 19.8. The van der Waals surface area contributed by atoms with Crippen molar-refractivity contribution in [2.75, 3.05) is 32.2 Å². The highest BCUT2D eigenvalue weighted by Gasteiger charge is 2.35. The predicted octanol–water partition coefficient (Wildman–Crippen LogP) is 2.95. The molecule has 2 aliphatic rings. The highest BCUT2D eigenvalue weighted by molar-refractivity contribution is 6.02. The van der Waals surface area contributed by atoms with Gasteiger partial charge in [0.2, 0.25) is 11.9 Å². The summed E-state index contributed by atoms with van der Waals surface area (Å²) >= 11 is 0. The third kappa shape index (κ3) is 6.10. The summed E-state index contributed by atoms with van der Waals surface area (Å²) in [7, 11) is 1.56. The van der Waals surface area contributed by atoms with Gasteiger partial charge in [0.15, 0.2) is 5.75 Å². The van der Waals surface area contributed by atoms with Gasteiger partial charge in [0.25, 0.3) is 5.91 Å². The number of aryl methyl sites for hydroxylation is 1. The molecule has 2 atom stereocenters. The number of aliphatic hydroxyl groups is 1. The summed E-state index contributed by atoms with van der Waals surface area (Å²) in [6.07, 6.45) is 3.03. The van der Waals surface area contributed by atoms with E-state index in [0.717, 1.165) is 24.0 Å². The molecule has 1 fully saturated rings. The number of hydrogen-bond donors (Lipinski definition) is 4. The highest BCUT2D eigenvalue weighted by Crippen LogP contribution is 2.33. The number of benzene rings is 2. The Hall–Kier alpha value is -4.22. The Morgan fingerprint density at radius 1 is 1.22 bits per heavy atom. The Labute approximate surface area is 238 Å². The Kier molecular flexibility index (Phi) is 8.36. The van der Waals surface area contributed by atoms with Crippen molar-refractivity contribution in [3.05, 3.63) is 64.8 Å². The fourth-order valence-corrected chi connectivity index (χ4v) is 5.23. The van der Waals surface area contributed by atoms with E-state index in [9.17, 15) is 19.8 Å². The Balaban J connectivity index is 1.31. The zero-order chi connectivity index (χ0) is 29.1. The van der Waals surface area contributed by atoms with E-state index in [1.807, 2.05) is 25.1 Å². The molecule has 2 amide bonds. The molecule has 4 N–H and O–H groups in total. The fraction of sp³-hybridized carbons (Fsp3) is 0.400. The lowest BCUT2D eigenvalue weighted by Gasteiger charge is -2.26. The molecular weight excluding hydrogens is 526 g/mol. The van der Waals surface area contributed by atoms with Crippen LogP contribution in [0.3, 0.4) is 0 Å². The number of aliphatic hydroxyl groups excluding tert-OH is 1. The van der Waals surface area contributed by atoms with Crippen molar-refractivity contribution >= 4 is 17.8 Å². The van der Waals surface area contributed by atoms with Crippen LogP contribution >= 0.6 is 0 Å². The van der Waals surface area contributed by atoms with E-state index < -0.39 is 12.1 Å². The molecule has 216 valence electrons. The zero-order valence-corrected chi connectivity index (χ0v) is 23.4. The summed E-state index contributed by atoms with van der Waals surface area (Å²) < 4.78 is 10.7. The molecule has 3 heterocycles. The number of nitrogens with zero attached hydrogens (tertiary/aromatic N) is 3. The van der Waals surface area contributed by atoms with Gasteiger partial charge >= 0.3 is 0 Å². The van der Waals surface area contributed by atoms with Crippen molar-refractivity contribution in [3.63, 3.8) is 0 Å². The number of carbonyl (C=O) groups is 2. The minimum atomic E-state index is -0.790. The standard InChI is InChI=1S/C30H35N5O6/c1-17-10-21(12-23(11-17)40-3)25(16-36)33-28(38)18(2)35-15-20-5-4-19(13-24(20)29(35)39)27-26(37)14-31-30(34-27)32-22-6-8-41-9-7-22/h4-5,10-14,18,22,25,36-37H,6-9,15-16H2,1-3H3,(H,33,38)(H,31,32,34)/t18-,25-/m1/s1. The summed E-state index contributed by atoms with van der Waals surface area (Å²) in [5.74, 6) is 0.246. The van der Waals surface area contributed by atoms with Gasteiger partial charge in [0, 0.05) is 36.9 Å². The van der Waals surface area contributed by atoms with Crippen LogP contribution in [0.2, 0.25) is 0 Å². The SMILES string of the molecule is COc1cc(C)cc([C@@H](CO)NC(=O)[C@@H](C)N2Cc3ccc(-c4nc(NC5CCOCC5)ncc4O)cc3C2=O)c1. The third-order valence-electron chi connectivity index (χ3n) is 7.60. The lowest BCUT2D eigenvalue weighted by molar-refractivity contribution is -0.126. The lowest BCUT2D eigenvalue weighted by atomic mass is 10.0. The molecular formula is C30H35N5O6. The number of anilines is 1. The summed E-state index contributed by atoms with van der Waals surface area (Å²) in [5.41, 5.74) is 3.74. The zero-order valence-electron chi connectivity index (χ0n) is 23.4. The molecule has 2 aromatic carbocycles. The second kappa shape index (κ2) is 12.1. The number of aromatic hydroxyl groups is 1. The molecule has 5 rings (SSSR count). The number of aromatic nitrogens is 2. The molecule has 0 spiro atoms. The number of rotatable bonds is 9. The van der Waals surface area contributed by atoms with Gasteiger partial charge in [-0.05, 0) is 61.6 Å². The molecule has 11 heteroatoms. The van der Waals surface area contributed by atoms with Crippen molar-refractivity contribution < 1.29 is 29.3 Å². The van der Waals surface area contributed by atoms with Crippen molar-refractivity contribution in [3.8, 4) is 22.8 Å². The minimum absolute atomic E-state index is 0.0969. The average molecular weight is 562 g/mol. The molecule has 1 aromatic heterocycles. The van der Waals surface area contributed by atoms with Crippen LogP contribution in [0.5, 0.6) is 11.5 Å². The molecule has 0 saturated carbocycles. The lowest BCUT2D eigenvalue weighted by Crippen LogP contribution is -2.46. The van der Waals surface area contributed by atoms with Crippen LogP contribution in [0.15, 0.2) is 42.6 Å². The van der Waals surface area contributed by atoms with Crippen LogP contribution in [-0.4, -0.2) is 75.9 Å². The van der Waals surface area contributed by atoms with Crippen LogP contribution in [0.1, 0.15) is 52.9 Å². The van der Waals surface area contributed by atoms with Crippen LogP contribution in [0, 0.1) is 6.92 Å². The topological polar surface area (TPSA) is 146 Å². The molecule has 1 saturated heterocycles. The van der Waals surface area contributed by atoms with Gasteiger partial charge in [0.1, 0.15) is 17.5 Å². The smallest absolute Gasteiger partial charge is 0.255 e. The number of nitrogens with one attached hydrogen (secondary N) is 2. The van der Waals surface area contributed by atoms with E-state index in [-0.39, 0.29) is 36.8 Å². The molecule has 3 aromatic rings. The second-order valence-corrected chi connectivity index (χ2v) is 10.5.